The Morgan fingerprint density at radius 1 is 1.33 bits per heavy atom. The van der Waals surface area contributed by atoms with Crippen molar-refractivity contribution in [3.05, 3.63) is 12.2 Å². The highest BCUT2D eigenvalue weighted by Crippen LogP contribution is 1.92. The predicted octanol–water partition coefficient (Wildman–Crippen LogP) is 0.758. The molecule has 0 bridgehead atoms. The molecule has 2 N–H and O–H groups in total. The van der Waals surface area contributed by atoms with Gasteiger partial charge in [0.05, 0.1) is 13.2 Å². The van der Waals surface area contributed by atoms with Crippen LogP contribution in [0.2, 0.25) is 0 Å². The Morgan fingerprint density at radius 2 is 1.56 bits per heavy atom. The summed E-state index contributed by atoms with van der Waals surface area (Å²) in [6, 6.07) is 0. The van der Waals surface area contributed by atoms with Crippen molar-refractivity contribution in [1.82, 2.24) is 0 Å². The highest BCUT2D eigenvalue weighted by Gasteiger charge is 1.74. The van der Waals surface area contributed by atoms with Gasteiger partial charge in [0, 0.05) is 0 Å². The first-order valence-electron chi connectivity index (χ1n) is 2.38. The van der Waals surface area contributed by atoms with E-state index in [2.05, 4.69) is 0 Å². The second-order valence-electron chi connectivity index (χ2n) is 1.03. The molecule has 56 valence electrons. The third kappa shape index (κ3) is 36.1. The quantitative estimate of drug-likeness (QED) is 0.564. The third-order valence-electron chi connectivity index (χ3n) is 0.318. The minimum absolute atomic E-state index is 0.125. The van der Waals surface area contributed by atoms with Gasteiger partial charge in [-0.1, -0.05) is 0 Å². The summed E-state index contributed by atoms with van der Waals surface area (Å²) in [7, 11) is 0. The molecular weight excluding hydrogens is 130 g/mol. The van der Waals surface area contributed by atoms with Crippen LogP contribution in [-0.2, 0) is 0 Å². The number of hydrogen-bond acceptors (Lipinski definition) is 2. The molecule has 2 nitrogen and oxygen atoms in total. The van der Waals surface area contributed by atoms with E-state index in [4.69, 9.17) is 10.2 Å². The number of aliphatic hydroxyl groups excluding tert-OH is 2. The molecule has 0 fully saturated rings. The van der Waals surface area contributed by atoms with Crippen LogP contribution in [0.4, 0.5) is 8.78 Å². The molecule has 0 aliphatic rings. The number of halogens is 2. The van der Waals surface area contributed by atoms with Crippen molar-refractivity contribution in [2.24, 2.45) is 0 Å². The van der Waals surface area contributed by atoms with Crippen LogP contribution in [0.1, 0.15) is 6.92 Å². The lowest BCUT2D eigenvalue weighted by Crippen LogP contribution is -1.85. The van der Waals surface area contributed by atoms with Crippen molar-refractivity contribution in [2.45, 2.75) is 6.92 Å². The van der Waals surface area contributed by atoms with E-state index in [1.54, 1.807) is 0 Å². The van der Waals surface area contributed by atoms with Crippen LogP contribution in [0, 0.1) is 0 Å². The maximum absolute atomic E-state index is 10.6. The topological polar surface area (TPSA) is 40.5 Å². The Balaban J connectivity index is 0. The minimum atomic E-state index is -1.62. The Hall–Kier alpha value is -0.480. The first-order chi connectivity index (χ1) is 4.18. The molecular formula is C5H10F2O2. The molecule has 0 amide bonds. The van der Waals surface area contributed by atoms with Gasteiger partial charge in [-0.2, -0.15) is 8.78 Å². The van der Waals surface area contributed by atoms with Gasteiger partial charge in [-0.25, -0.2) is 0 Å². The molecule has 0 aliphatic carbocycles. The highest BCUT2D eigenvalue weighted by atomic mass is 19.3. The number of allylic oxidation sites excluding steroid dienone is 1. The standard InChI is InChI=1S/C3H4F2.C2H6O2/c1-2-3(4)5;3-1-2-4/h2H,1H3;3-4H,1-2H2. The summed E-state index contributed by atoms with van der Waals surface area (Å²) < 4.78 is 21.2. The fourth-order valence-electron chi connectivity index (χ4n) is 0. The molecule has 0 aromatic rings. The molecule has 0 saturated heterocycles. The average molecular weight is 140 g/mol. The van der Waals surface area contributed by atoms with Gasteiger partial charge in [-0.05, 0) is 13.0 Å². The molecule has 0 spiro atoms. The lowest BCUT2D eigenvalue weighted by atomic mass is 10.7. The maximum Gasteiger partial charge on any atom is 0.266 e. The van der Waals surface area contributed by atoms with Crippen molar-refractivity contribution < 1.29 is 19.0 Å². The Morgan fingerprint density at radius 3 is 1.56 bits per heavy atom. The molecule has 0 unspecified atom stereocenters. The Kier molecular flexibility index (Phi) is 13.2. The van der Waals surface area contributed by atoms with Crippen molar-refractivity contribution in [3.8, 4) is 0 Å². The van der Waals surface area contributed by atoms with Gasteiger partial charge in [-0.3, -0.25) is 0 Å². The van der Waals surface area contributed by atoms with Gasteiger partial charge in [-0.15, -0.1) is 0 Å². The van der Waals surface area contributed by atoms with E-state index in [9.17, 15) is 8.78 Å². The molecule has 9 heavy (non-hydrogen) atoms. The van der Waals surface area contributed by atoms with E-state index in [1.165, 1.54) is 6.92 Å². The fourth-order valence-corrected chi connectivity index (χ4v) is 0. The predicted molar refractivity (Wildman–Crippen MR) is 30.1 cm³/mol. The molecule has 0 atom stereocenters. The molecule has 0 radical (unpaired) electrons. The molecule has 0 aromatic carbocycles. The number of rotatable bonds is 1. The summed E-state index contributed by atoms with van der Waals surface area (Å²) in [5.74, 6) is 0. The summed E-state index contributed by atoms with van der Waals surface area (Å²) in [6.45, 7) is 1.04. The largest absolute Gasteiger partial charge is 0.394 e. The fraction of sp³-hybridized carbons (Fsp3) is 0.600. The first kappa shape index (κ1) is 11.3. The molecule has 4 heteroatoms. The zero-order valence-electron chi connectivity index (χ0n) is 5.14. The van der Waals surface area contributed by atoms with Crippen molar-refractivity contribution in [2.75, 3.05) is 13.2 Å². The monoisotopic (exact) mass is 140 g/mol. The first-order valence-corrected chi connectivity index (χ1v) is 2.38. The summed E-state index contributed by atoms with van der Waals surface area (Å²) >= 11 is 0. The number of hydrogen-bond donors (Lipinski definition) is 2. The SMILES string of the molecule is CC=C(F)F.OCCO. The van der Waals surface area contributed by atoms with Gasteiger partial charge < -0.3 is 10.2 Å². The maximum atomic E-state index is 10.6. The van der Waals surface area contributed by atoms with E-state index in [-0.39, 0.29) is 13.2 Å². The average Bonchev–Trinajstić information content (AvgIpc) is 1.89. The van der Waals surface area contributed by atoms with Crippen molar-refractivity contribution in [1.29, 1.82) is 0 Å². The molecule has 0 heterocycles. The van der Waals surface area contributed by atoms with Gasteiger partial charge in [0.1, 0.15) is 0 Å². The van der Waals surface area contributed by atoms with E-state index in [1.807, 2.05) is 0 Å². The Bertz CT molecular complexity index is 67.4. The third-order valence-corrected chi connectivity index (χ3v) is 0.318. The molecule has 0 aliphatic heterocycles. The van der Waals surface area contributed by atoms with Gasteiger partial charge >= 0.3 is 0 Å². The second-order valence-corrected chi connectivity index (χ2v) is 1.03. The Labute approximate surface area is 52.4 Å². The smallest absolute Gasteiger partial charge is 0.266 e. The van der Waals surface area contributed by atoms with Crippen LogP contribution in [0.15, 0.2) is 12.2 Å². The van der Waals surface area contributed by atoms with Gasteiger partial charge in [0.25, 0.3) is 6.08 Å². The van der Waals surface area contributed by atoms with Gasteiger partial charge in [0.15, 0.2) is 0 Å². The zero-order valence-corrected chi connectivity index (χ0v) is 5.14. The van der Waals surface area contributed by atoms with Crippen LogP contribution in [0.3, 0.4) is 0 Å². The van der Waals surface area contributed by atoms with Crippen LogP contribution in [0.5, 0.6) is 0 Å². The molecule has 0 rings (SSSR count). The normalized spacial score (nSPS) is 7.22. The highest BCUT2D eigenvalue weighted by molar-refractivity contribution is 4.72. The zero-order chi connectivity index (χ0) is 7.70. The van der Waals surface area contributed by atoms with Crippen LogP contribution in [-0.4, -0.2) is 23.4 Å². The lowest BCUT2D eigenvalue weighted by molar-refractivity contribution is 0.186. The van der Waals surface area contributed by atoms with E-state index >= 15 is 0 Å². The molecule has 0 aromatic heterocycles. The summed E-state index contributed by atoms with van der Waals surface area (Å²) in [6.07, 6.45) is -0.870. The van der Waals surface area contributed by atoms with Crippen molar-refractivity contribution in [3.63, 3.8) is 0 Å². The van der Waals surface area contributed by atoms with E-state index < -0.39 is 6.08 Å². The lowest BCUT2D eigenvalue weighted by Gasteiger charge is -1.70. The van der Waals surface area contributed by atoms with Crippen molar-refractivity contribution >= 4 is 0 Å². The van der Waals surface area contributed by atoms with Crippen LogP contribution in [0.25, 0.3) is 0 Å². The van der Waals surface area contributed by atoms with E-state index in [0.29, 0.717) is 0 Å². The van der Waals surface area contributed by atoms with Crippen LogP contribution >= 0.6 is 0 Å². The molecule has 0 saturated carbocycles. The van der Waals surface area contributed by atoms with E-state index in [0.717, 1.165) is 6.08 Å². The summed E-state index contributed by atoms with van der Waals surface area (Å²) in [5, 5.41) is 15.2. The second kappa shape index (κ2) is 10.5. The minimum Gasteiger partial charge on any atom is -0.394 e. The van der Waals surface area contributed by atoms with Gasteiger partial charge in [0.2, 0.25) is 0 Å². The number of aliphatic hydroxyl groups is 2. The summed E-state index contributed by atoms with van der Waals surface area (Å²) in [5.41, 5.74) is 0. The summed E-state index contributed by atoms with van der Waals surface area (Å²) in [4.78, 5) is 0. The van der Waals surface area contributed by atoms with Crippen LogP contribution < -0.4 is 0 Å².